The van der Waals surface area contributed by atoms with Gasteiger partial charge in [0.25, 0.3) is 0 Å². The zero-order chi connectivity index (χ0) is 13.2. The number of rotatable bonds is 3. The molecule has 0 aromatic carbocycles. The summed E-state index contributed by atoms with van der Waals surface area (Å²) < 4.78 is 5.29. The van der Waals surface area contributed by atoms with Crippen molar-refractivity contribution >= 4 is 11.6 Å². The quantitative estimate of drug-likeness (QED) is 0.849. The van der Waals surface area contributed by atoms with Crippen LogP contribution in [0.25, 0.3) is 0 Å². The van der Waals surface area contributed by atoms with E-state index in [4.69, 9.17) is 10.5 Å². The smallest absolute Gasteiger partial charge is 0.151 e. The first kappa shape index (κ1) is 12.6. The predicted octanol–water partition coefficient (Wildman–Crippen LogP) is 0.358. The highest BCUT2D eigenvalue weighted by molar-refractivity contribution is 5.43. The molecule has 2 saturated heterocycles. The summed E-state index contributed by atoms with van der Waals surface area (Å²) in [5, 5.41) is 8.17. The number of hydrogen-bond acceptors (Lipinski definition) is 6. The van der Waals surface area contributed by atoms with E-state index in [1.807, 2.05) is 12.1 Å². The lowest BCUT2D eigenvalue weighted by Gasteiger charge is -2.46. The van der Waals surface area contributed by atoms with Gasteiger partial charge >= 0.3 is 0 Å². The molecule has 0 radical (unpaired) electrons. The Bertz CT molecular complexity index is 420. The lowest BCUT2D eigenvalue weighted by Crippen LogP contribution is -2.60. The van der Waals surface area contributed by atoms with E-state index < -0.39 is 0 Å². The molecule has 2 aliphatic rings. The Hall–Kier alpha value is -1.40. The highest BCUT2D eigenvalue weighted by atomic mass is 16.5. The third kappa shape index (κ3) is 2.50. The van der Waals surface area contributed by atoms with Crippen molar-refractivity contribution in [3.05, 3.63) is 12.1 Å². The van der Waals surface area contributed by atoms with Crippen molar-refractivity contribution in [3.63, 3.8) is 0 Å². The molecule has 3 heterocycles. The molecule has 2 fully saturated rings. The fraction of sp³-hybridized carbons (Fsp3) is 0.692. The first-order valence-corrected chi connectivity index (χ1v) is 6.95. The molecule has 0 bridgehead atoms. The van der Waals surface area contributed by atoms with Crippen LogP contribution < -0.4 is 10.6 Å². The molecule has 1 aromatic heterocycles. The van der Waals surface area contributed by atoms with Crippen molar-refractivity contribution in [3.8, 4) is 0 Å². The topological polar surface area (TPSA) is 67.5 Å². The summed E-state index contributed by atoms with van der Waals surface area (Å²) in [6.07, 6.45) is 1.11. The molecule has 0 saturated carbocycles. The lowest BCUT2D eigenvalue weighted by atomic mass is 10.1. The Morgan fingerprint density at radius 1 is 1.32 bits per heavy atom. The van der Waals surface area contributed by atoms with Crippen molar-refractivity contribution in [2.75, 3.05) is 43.5 Å². The molecule has 1 atom stereocenters. The first-order chi connectivity index (χ1) is 9.28. The summed E-state index contributed by atoms with van der Waals surface area (Å²) in [5.41, 5.74) is 5.60. The van der Waals surface area contributed by atoms with Crippen LogP contribution in [0, 0.1) is 0 Å². The summed E-state index contributed by atoms with van der Waals surface area (Å²) in [5.74, 6) is 1.41. The predicted molar refractivity (Wildman–Crippen MR) is 74.0 cm³/mol. The molecule has 6 nitrogen and oxygen atoms in total. The summed E-state index contributed by atoms with van der Waals surface area (Å²) in [4.78, 5) is 4.89. The average molecular weight is 263 g/mol. The zero-order valence-corrected chi connectivity index (χ0v) is 11.3. The van der Waals surface area contributed by atoms with Crippen LogP contribution in [0.5, 0.6) is 0 Å². The van der Waals surface area contributed by atoms with Gasteiger partial charge in [-0.15, -0.1) is 10.2 Å². The molecule has 0 unspecified atom stereocenters. The second-order valence-electron chi connectivity index (χ2n) is 5.26. The van der Waals surface area contributed by atoms with E-state index in [1.165, 1.54) is 0 Å². The number of nitrogens with zero attached hydrogens (tertiary/aromatic N) is 4. The molecule has 6 heteroatoms. The molecule has 2 N–H and O–H groups in total. The van der Waals surface area contributed by atoms with E-state index in [1.54, 1.807) is 0 Å². The van der Waals surface area contributed by atoms with Gasteiger partial charge in [0.1, 0.15) is 5.82 Å². The number of anilines is 2. The molecule has 0 spiro atoms. The maximum Gasteiger partial charge on any atom is 0.151 e. The van der Waals surface area contributed by atoms with Crippen LogP contribution in [0.2, 0.25) is 0 Å². The van der Waals surface area contributed by atoms with Crippen LogP contribution in [0.15, 0.2) is 12.1 Å². The SMILES string of the molecule is CC[C@H]1CN(C2COC2)CCN1c1ccc(N)nn1. The van der Waals surface area contributed by atoms with Crippen LogP contribution in [-0.2, 0) is 4.74 Å². The minimum absolute atomic E-state index is 0.474. The average Bonchev–Trinajstić information content (AvgIpc) is 2.38. The molecular weight excluding hydrogens is 242 g/mol. The van der Waals surface area contributed by atoms with E-state index >= 15 is 0 Å². The number of piperazine rings is 1. The Labute approximate surface area is 113 Å². The first-order valence-electron chi connectivity index (χ1n) is 6.95. The lowest BCUT2D eigenvalue weighted by molar-refractivity contribution is -0.0699. The molecular formula is C13H21N5O. The minimum atomic E-state index is 0.474. The van der Waals surface area contributed by atoms with Gasteiger partial charge in [-0.2, -0.15) is 0 Å². The largest absolute Gasteiger partial charge is 0.382 e. The molecule has 1 aromatic rings. The molecule has 0 amide bonds. The fourth-order valence-electron chi connectivity index (χ4n) is 2.78. The van der Waals surface area contributed by atoms with Gasteiger partial charge in [0.2, 0.25) is 0 Å². The highest BCUT2D eigenvalue weighted by Gasteiger charge is 2.33. The monoisotopic (exact) mass is 263 g/mol. The third-order valence-electron chi connectivity index (χ3n) is 4.09. The maximum absolute atomic E-state index is 5.60. The number of hydrogen-bond donors (Lipinski definition) is 1. The molecule has 2 aliphatic heterocycles. The third-order valence-corrected chi connectivity index (χ3v) is 4.09. The van der Waals surface area contributed by atoms with Crippen LogP contribution in [-0.4, -0.2) is 60.0 Å². The van der Waals surface area contributed by atoms with Gasteiger partial charge in [0.05, 0.1) is 19.3 Å². The Kier molecular flexibility index (Phi) is 3.52. The fourth-order valence-corrected chi connectivity index (χ4v) is 2.78. The van der Waals surface area contributed by atoms with Gasteiger partial charge in [-0.1, -0.05) is 6.92 Å². The standard InChI is InChI=1S/C13H21N5O/c1-2-10-7-17(11-8-19-9-11)5-6-18(10)13-4-3-12(14)15-16-13/h3-4,10-11H,2,5-9H2,1H3,(H2,14,15)/t10-/m0/s1. The normalized spacial score (nSPS) is 25.3. The number of ether oxygens (including phenoxy) is 1. The van der Waals surface area contributed by atoms with Crippen LogP contribution >= 0.6 is 0 Å². The maximum atomic E-state index is 5.60. The van der Waals surface area contributed by atoms with Crippen LogP contribution in [0.3, 0.4) is 0 Å². The second kappa shape index (κ2) is 5.30. The number of nitrogen functional groups attached to an aromatic ring is 1. The zero-order valence-electron chi connectivity index (χ0n) is 11.3. The Balaban J connectivity index is 1.70. The van der Waals surface area contributed by atoms with E-state index in [9.17, 15) is 0 Å². The van der Waals surface area contributed by atoms with Crippen molar-refractivity contribution < 1.29 is 4.74 Å². The van der Waals surface area contributed by atoms with E-state index in [0.29, 0.717) is 17.9 Å². The highest BCUT2D eigenvalue weighted by Crippen LogP contribution is 2.23. The van der Waals surface area contributed by atoms with Crippen molar-refractivity contribution in [1.82, 2.24) is 15.1 Å². The summed E-state index contributed by atoms with van der Waals surface area (Å²) in [6, 6.07) is 4.90. The van der Waals surface area contributed by atoms with Gasteiger partial charge in [-0.25, -0.2) is 0 Å². The molecule has 19 heavy (non-hydrogen) atoms. The number of aromatic nitrogens is 2. The molecule has 0 aliphatic carbocycles. The van der Waals surface area contributed by atoms with E-state index in [0.717, 1.165) is 45.1 Å². The Morgan fingerprint density at radius 3 is 2.74 bits per heavy atom. The second-order valence-corrected chi connectivity index (χ2v) is 5.26. The van der Waals surface area contributed by atoms with Gasteiger partial charge in [-0.3, -0.25) is 4.90 Å². The van der Waals surface area contributed by atoms with E-state index in [-0.39, 0.29) is 0 Å². The van der Waals surface area contributed by atoms with Gasteiger partial charge in [-0.05, 0) is 18.6 Å². The van der Waals surface area contributed by atoms with Crippen molar-refractivity contribution in [2.45, 2.75) is 25.4 Å². The summed E-state index contributed by atoms with van der Waals surface area (Å²) in [7, 11) is 0. The molecule has 104 valence electrons. The molecule has 3 rings (SSSR count). The van der Waals surface area contributed by atoms with E-state index in [2.05, 4.69) is 26.9 Å². The van der Waals surface area contributed by atoms with Gasteiger partial charge in [0.15, 0.2) is 5.82 Å². The van der Waals surface area contributed by atoms with Crippen LogP contribution in [0.4, 0.5) is 11.6 Å². The minimum Gasteiger partial charge on any atom is -0.382 e. The van der Waals surface area contributed by atoms with Gasteiger partial charge in [0, 0.05) is 25.7 Å². The van der Waals surface area contributed by atoms with Crippen molar-refractivity contribution in [2.24, 2.45) is 0 Å². The van der Waals surface area contributed by atoms with Crippen LogP contribution in [0.1, 0.15) is 13.3 Å². The summed E-state index contributed by atoms with van der Waals surface area (Å²) >= 11 is 0. The van der Waals surface area contributed by atoms with Crippen molar-refractivity contribution in [1.29, 1.82) is 0 Å². The Morgan fingerprint density at radius 2 is 2.16 bits per heavy atom. The summed E-state index contributed by atoms with van der Waals surface area (Å²) in [6.45, 7) is 7.14. The number of nitrogens with two attached hydrogens (primary N) is 1. The van der Waals surface area contributed by atoms with Gasteiger partial charge < -0.3 is 15.4 Å².